The molecule has 41 heavy (non-hydrogen) atoms. The van der Waals surface area contributed by atoms with Crippen LogP contribution in [0.4, 0.5) is 4.79 Å². The van der Waals surface area contributed by atoms with Crippen molar-refractivity contribution < 1.29 is 28.6 Å². The Labute approximate surface area is 252 Å². The molecule has 0 aliphatic rings. The van der Waals surface area contributed by atoms with Gasteiger partial charge in [-0.2, -0.15) is 0 Å². The SMILES string of the molecule is CCCCCCCCCCCCCC(=O)OCC(CNC(=O)OCC)OC(=O)CCCCCCCCCCCCC. The van der Waals surface area contributed by atoms with Crippen molar-refractivity contribution in [2.24, 2.45) is 0 Å². The van der Waals surface area contributed by atoms with Crippen molar-refractivity contribution in [2.45, 2.75) is 181 Å². The molecule has 7 heteroatoms. The molecule has 1 amide bonds. The minimum Gasteiger partial charge on any atom is -0.462 e. The van der Waals surface area contributed by atoms with Crippen LogP contribution in [0.15, 0.2) is 0 Å². The maximum atomic E-state index is 12.4. The molecule has 0 saturated heterocycles. The molecule has 0 rings (SSSR count). The van der Waals surface area contributed by atoms with Crippen LogP contribution in [0.1, 0.15) is 175 Å². The smallest absolute Gasteiger partial charge is 0.407 e. The Kier molecular flexibility index (Phi) is 29.8. The van der Waals surface area contributed by atoms with Gasteiger partial charge in [0.1, 0.15) is 6.61 Å². The lowest BCUT2D eigenvalue weighted by Gasteiger charge is -2.18. The molecule has 0 radical (unpaired) electrons. The number of unbranched alkanes of at least 4 members (excludes halogenated alkanes) is 20. The van der Waals surface area contributed by atoms with E-state index in [1.807, 2.05) is 0 Å². The summed E-state index contributed by atoms with van der Waals surface area (Å²) in [6, 6.07) is 0. The molecule has 242 valence electrons. The third-order valence-corrected chi connectivity index (χ3v) is 7.45. The lowest BCUT2D eigenvalue weighted by molar-refractivity contribution is -0.158. The van der Waals surface area contributed by atoms with Crippen molar-refractivity contribution in [3.8, 4) is 0 Å². The minimum absolute atomic E-state index is 0.0502. The van der Waals surface area contributed by atoms with Crippen LogP contribution < -0.4 is 5.32 Å². The predicted octanol–water partition coefficient (Wildman–Crippen LogP) is 9.59. The summed E-state index contributed by atoms with van der Waals surface area (Å²) in [5.74, 6) is -0.610. The van der Waals surface area contributed by atoms with E-state index in [9.17, 15) is 14.4 Å². The number of hydrogen-bond acceptors (Lipinski definition) is 6. The number of alkyl carbamates (subject to hydrolysis) is 1. The van der Waals surface area contributed by atoms with Gasteiger partial charge in [-0.15, -0.1) is 0 Å². The summed E-state index contributed by atoms with van der Waals surface area (Å²) in [7, 11) is 0. The Balaban J connectivity index is 4.07. The molecule has 0 bridgehead atoms. The first-order valence-electron chi connectivity index (χ1n) is 17.3. The number of rotatable bonds is 30. The van der Waals surface area contributed by atoms with Gasteiger partial charge in [0.25, 0.3) is 0 Å². The molecule has 1 unspecified atom stereocenters. The molecule has 0 aliphatic heterocycles. The first-order valence-corrected chi connectivity index (χ1v) is 17.3. The standard InChI is InChI=1S/C34H65NO6/c1-4-7-9-11-13-15-17-19-21-23-25-27-32(36)40-30-31(29-35-34(38)39-6-3)41-33(37)28-26-24-22-20-18-16-14-12-10-8-5-2/h31H,4-30H2,1-3H3,(H,35,38). The van der Waals surface area contributed by atoms with Crippen molar-refractivity contribution in [1.82, 2.24) is 5.32 Å². The topological polar surface area (TPSA) is 90.9 Å². The van der Waals surface area contributed by atoms with Gasteiger partial charge in [0.2, 0.25) is 0 Å². The maximum Gasteiger partial charge on any atom is 0.407 e. The summed E-state index contributed by atoms with van der Waals surface area (Å²) in [5.41, 5.74) is 0. The largest absolute Gasteiger partial charge is 0.462 e. The van der Waals surface area contributed by atoms with E-state index in [-0.39, 0.29) is 31.7 Å². The zero-order chi connectivity index (χ0) is 30.2. The highest BCUT2D eigenvalue weighted by atomic mass is 16.6. The third kappa shape index (κ3) is 29.5. The Hall–Kier alpha value is -1.79. The molecular formula is C34H65NO6. The maximum absolute atomic E-state index is 12.4. The van der Waals surface area contributed by atoms with Crippen molar-refractivity contribution in [3.63, 3.8) is 0 Å². The Morgan fingerprint density at radius 1 is 0.512 bits per heavy atom. The van der Waals surface area contributed by atoms with E-state index in [0.717, 1.165) is 38.5 Å². The van der Waals surface area contributed by atoms with Gasteiger partial charge >= 0.3 is 18.0 Å². The molecule has 0 aromatic rings. The number of ether oxygens (including phenoxy) is 3. The van der Waals surface area contributed by atoms with Crippen LogP contribution in [-0.4, -0.2) is 43.9 Å². The zero-order valence-electron chi connectivity index (χ0n) is 27.1. The molecule has 0 aromatic carbocycles. The third-order valence-electron chi connectivity index (χ3n) is 7.45. The fourth-order valence-corrected chi connectivity index (χ4v) is 4.88. The van der Waals surface area contributed by atoms with Crippen LogP contribution in [0.2, 0.25) is 0 Å². The van der Waals surface area contributed by atoms with Crippen molar-refractivity contribution in [2.75, 3.05) is 19.8 Å². The molecule has 0 heterocycles. The zero-order valence-corrected chi connectivity index (χ0v) is 27.1. The molecule has 0 fully saturated rings. The molecule has 0 saturated carbocycles. The predicted molar refractivity (Wildman–Crippen MR) is 168 cm³/mol. The van der Waals surface area contributed by atoms with Crippen molar-refractivity contribution in [1.29, 1.82) is 0 Å². The van der Waals surface area contributed by atoms with Crippen molar-refractivity contribution >= 4 is 18.0 Å². The molecule has 1 atom stereocenters. The number of carbonyl (C=O) groups is 3. The van der Waals surface area contributed by atoms with E-state index in [0.29, 0.717) is 12.8 Å². The number of hydrogen-bond donors (Lipinski definition) is 1. The van der Waals surface area contributed by atoms with Crippen LogP contribution in [0.5, 0.6) is 0 Å². The van der Waals surface area contributed by atoms with Gasteiger partial charge in [0, 0.05) is 12.8 Å². The number of carbonyl (C=O) groups excluding carboxylic acids is 3. The van der Waals surface area contributed by atoms with Gasteiger partial charge in [-0.1, -0.05) is 142 Å². The number of nitrogens with one attached hydrogen (secondary N) is 1. The van der Waals surface area contributed by atoms with Gasteiger partial charge in [-0.3, -0.25) is 9.59 Å². The van der Waals surface area contributed by atoms with E-state index < -0.39 is 12.2 Å². The summed E-state index contributed by atoms with van der Waals surface area (Å²) in [6.07, 6.45) is 26.2. The van der Waals surface area contributed by atoms with Crippen molar-refractivity contribution in [3.05, 3.63) is 0 Å². The van der Waals surface area contributed by atoms with E-state index >= 15 is 0 Å². The summed E-state index contributed by atoms with van der Waals surface area (Å²) < 4.78 is 15.8. The first-order chi connectivity index (χ1) is 20.0. The van der Waals surface area contributed by atoms with Gasteiger partial charge in [-0.25, -0.2) is 4.79 Å². The first kappa shape index (κ1) is 39.2. The highest BCUT2D eigenvalue weighted by Gasteiger charge is 2.18. The monoisotopic (exact) mass is 583 g/mol. The Bertz CT molecular complexity index is 612. The second-order valence-electron chi connectivity index (χ2n) is 11.5. The fourth-order valence-electron chi connectivity index (χ4n) is 4.88. The number of esters is 2. The second-order valence-corrected chi connectivity index (χ2v) is 11.5. The molecule has 7 nitrogen and oxygen atoms in total. The molecule has 0 aliphatic carbocycles. The average molecular weight is 584 g/mol. The van der Waals surface area contributed by atoms with Gasteiger partial charge in [0.15, 0.2) is 6.10 Å². The Morgan fingerprint density at radius 3 is 1.32 bits per heavy atom. The lowest BCUT2D eigenvalue weighted by Crippen LogP contribution is -2.38. The van der Waals surface area contributed by atoms with Gasteiger partial charge in [-0.05, 0) is 19.8 Å². The van der Waals surface area contributed by atoms with E-state index in [4.69, 9.17) is 14.2 Å². The minimum atomic E-state index is -0.721. The summed E-state index contributed by atoms with van der Waals surface area (Å²) in [5, 5.41) is 2.59. The summed E-state index contributed by atoms with van der Waals surface area (Å²) in [6.45, 7) is 6.45. The highest BCUT2D eigenvalue weighted by Crippen LogP contribution is 2.14. The molecule has 0 spiro atoms. The van der Waals surface area contributed by atoms with E-state index in [1.54, 1.807) is 6.92 Å². The summed E-state index contributed by atoms with van der Waals surface area (Å²) >= 11 is 0. The molecule has 1 N–H and O–H groups in total. The second kappa shape index (κ2) is 31.2. The highest BCUT2D eigenvalue weighted by molar-refractivity contribution is 5.70. The van der Waals surface area contributed by atoms with Gasteiger partial charge < -0.3 is 19.5 Å². The van der Waals surface area contributed by atoms with Gasteiger partial charge in [0.05, 0.1) is 13.2 Å². The normalized spacial score (nSPS) is 11.7. The van der Waals surface area contributed by atoms with Crippen LogP contribution >= 0.6 is 0 Å². The Morgan fingerprint density at radius 2 is 0.902 bits per heavy atom. The van der Waals surface area contributed by atoms with Crippen LogP contribution in [-0.2, 0) is 23.8 Å². The number of amides is 1. The lowest BCUT2D eigenvalue weighted by atomic mass is 10.1. The fraction of sp³-hybridized carbons (Fsp3) is 0.912. The molecule has 0 aromatic heterocycles. The van der Waals surface area contributed by atoms with Crippen LogP contribution in [0.3, 0.4) is 0 Å². The van der Waals surface area contributed by atoms with E-state index in [2.05, 4.69) is 19.2 Å². The summed E-state index contributed by atoms with van der Waals surface area (Å²) in [4.78, 5) is 36.4. The van der Waals surface area contributed by atoms with Crippen LogP contribution in [0.25, 0.3) is 0 Å². The van der Waals surface area contributed by atoms with Crippen LogP contribution in [0, 0.1) is 0 Å². The molecular weight excluding hydrogens is 518 g/mol. The quantitative estimate of drug-likeness (QED) is 0.0514. The van der Waals surface area contributed by atoms with E-state index in [1.165, 1.54) is 103 Å². The average Bonchev–Trinajstić information content (AvgIpc) is 2.96.